The largest absolute Gasteiger partial charge is 0.458 e. The van der Waals surface area contributed by atoms with Crippen LogP contribution in [0.4, 0.5) is 0 Å². The number of hydrogen-bond donors (Lipinski definition) is 1. The zero-order valence-electron chi connectivity index (χ0n) is 7.36. The molecular weight excluding hydrogens is 166 g/mol. The molecule has 0 amide bonds. The Labute approximate surface area is 76.5 Å². The minimum atomic E-state index is -0.929. The molecule has 1 aromatic carbocycles. The van der Waals surface area contributed by atoms with Crippen molar-refractivity contribution >= 4 is 5.97 Å². The van der Waals surface area contributed by atoms with Crippen molar-refractivity contribution in [2.24, 2.45) is 5.73 Å². The fourth-order valence-corrected chi connectivity index (χ4v) is 1.53. The maximum atomic E-state index is 11.2. The van der Waals surface area contributed by atoms with Crippen LogP contribution in [0.3, 0.4) is 0 Å². The predicted molar refractivity (Wildman–Crippen MR) is 47.9 cm³/mol. The van der Waals surface area contributed by atoms with Gasteiger partial charge in [0.05, 0.1) is 0 Å². The lowest BCUT2D eigenvalue weighted by molar-refractivity contribution is -0.188. The van der Waals surface area contributed by atoms with Crippen LogP contribution >= 0.6 is 0 Å². The number of ether oxygens (including phenoxy) is 1. The Morgan fingerprint density at radius 3 is 2.46 bits per heavy atom. The Morgan fingerprint density at radius 2 is 2.00 bits per heavy atom. The Kier molecular flexibility index (Phi) is 1.63. The third-order valence-electron chi connectivity index (χ3n) is 2.51. The number of cyclic esters (lactones) is 1. The van der Waals surface area contributed by atoms with Gasteiger partial charge in [0.25, 0.3) is 0 Å². The van der Waals surface area contributed by atoms with Crippen LogP contribution in [0, 0.1) is 0 Å². The quantitative estimate of drug-likeness (QED) is 0.645. The summed E-state index contributed by atoms with van der Waals surface area (Å²) in [6.45, 7) is 1.80. The van der Waals surface area contributed by atoms with E-state index in [1.807, 2.05) is 30.3 Å². The first-order valence-electron chi connectivity index (χ1n) is 4.21. The number of benzene rings is 1. The minimum Gasteiger partial charge on any atom is -0.458 e. The van der Waals surface area contributed by atoms with Gasteiger partial charge in [0.1, 0.15) is 6.10 Å². The summed E-state index contributed by atoms with van der Waals surface area (Å²) in [5.74, 6) is -0.341. The smallest absolute Gasteiger partial charge is 0.335 e. The first-order valence-corrected chi connectivity index (χ1v) is 4.21. The SMILES string of the molecule is CC1OC(=O)C1(N)c1ccccc1. The second-order valence-electron chi connectivity index (χ2n) is 3.28. The van der Waals surface area contributed by atoms with Crippen LogP contribution in [-0.4, -0.2) is 12.1 Å². The average Bonchev–Trinajstić information content (AvgIpc) is 2.18. The monoisotopic (exact) mass is 177 g/mol. The van der Waals surface area contributed by atoms with E-state index >= 15 is 0 Å². The van der Waals surface area contributed by atoms with Gasteiger partial charge in [0.2, 0.25) is 0 Å². The number of hydrogen-bond acceptors (Lipinski definition) is 3. The molecule has 1 aliphatic rings. The number of carbonyl (C=O) groups excluding carboxylic acids is 1. The Balaban J connectivity index is 2.40. The zero-order valence-corrected chi connectivity index (χ0v) is 7.36. The minimum absolute atomic E-state index is 0.234. The summed E-state index contributed by atoms with van der Waals surface area (Å²) < 4.78 is 4.85. The first kappa shape index (κ1) is 8.26. The summed E-state index contributed by atoms with van der Waals surface area (Å²) in [5, 5.41) is 0. The fraction of sp³-hybridized carbons (Fsp3) is 0.300. The molecule has 3 nitrogen and oxygen atoms in total. The maximum absolute atomic E-state index is 11.2. The summed E-state index contributed by atoms with van der Waals surface area (Å²) in [4.78, 5) is 11.2. The molecule has 1 heterocycles. The van der Waals surface area contributed by atoms with E-state index in [1.165, 1.54) is 0 Å². The molecule has 2 unspecified atom stereocenters. The van der Waals surface area contributed by atoms with Crippen molar-refractivity contribution in [1.82, 2.24) is 0 Å². The molecule has 0 saturated carbocycles. The molecule has 1 saturated heterocycles. The first-order chi connectivity index (χ1) is 6.15. The van der Waals surface area contributed by atoms with E-state index in [0.29, 0.717) is 0 Å². The molecule has 1 aromatic rings. The number of rotatable bonds is 1. The van der Waals surface area contributed by atoms with E-state index in [-0.39, 0.29) is 12.1 Å². The van der Waals surface area contributed by atoms with Crippen LogP contribution < -0.4 is 5.73 Å². The summed E-state index contributed by atoms with van der Waals surface area (Å²) in [7, 11) is 0. The fourth-order valence-electron chi connectivity index (χ4n) is 1.53. The van der Waals surface area contributed by atoms with Gasteiger partial charge in [0, 0.05) is 0 Å². The third-order valence-corrected chi connectivity index (χ3v) is 2.51. The van der Waals surface area contributed by atoms with Gasteiger partial charge in [-0.05, 0) is 12.5 Å². The van der Waals surface area contributed by atoms with Crippen molar-refractivity contribution in [3.05, 3.63) is 35.9 Å². The molecule has 0 aromatic heterocycles. The molecule has 2 rings (SSSR count). The van der Waals surface area contributed by atoms with Gasteiger partial charge in [-0.25, -0.2) is 4.79 Å². The van der Waals surface area contributed by atoms with Crippen molar-refractivity contribution in [1.29, 1.82) is 0 Å². The molecular formula is C10H11NO2. The molecule has 1 aliphatic heterocycles. The van der Waals surface area contributed by atoms with Crippen molar-refractivity contribution in [3.8, 4) is 0 Å². The Bertz CT molecular complexity index is 336. The van der Waals surface area contributed by atoms with Crippen LogP contribution in [0.5, 0.6) is 0 Å². The van der Waals surface area contributed by atoms with E-state index in [4.69, 9.17) is 10.5 Å². The van der Waals surface area contributed by atoms with E-state index in [1.54, 1.807) is 6.92 Å². The summed E-state index contributed by atoms with van der Waals surface area (Å²) in [5.41, 5.74) is 5.83. The molecule has 0 spiro atoms. The highest BCUT2D eigenvalue weighted by Gasteiger charge is 2.54. The molecule has 0 aliphatic carbocycles. The van der Waals surface area contributed by atoms with Crippen LogP contribution in [0.2, 0.25) is 0 Å². The molecule has 1 fully saturated rings. The van der Waals surface area contributed by atoms with Crippen LogP contribution in [0.1, 0.15) is 12.5 Å². The van der Waals surface area contributed by atoms with Gasteiger partial charge in [-0.2, -0.15) is 0 Å². The summed E-state index contributed by atoms with van der Waals surface area (Å²) in [6, 6.07) is 9.31. The molecule has 2 N–H and O–H groups in total. The topological polar surface area (TPSA) is 52.3 Å². The number of esters is 1. The van der Waals surface area contributed by atoms with Crippen molar-refractivity contribution < 1.29 is 9.53 Å². The zero-order chi connectivity index (χ0) is 9.47. The van der Waals surface area contributed by atoms with Gasteiger partial charge in [-0.3, -0.25) is 0 Å². The van der Waals surface area contributed by atoms with Crippen molar-refractivity contribution in [2.45, 2.75) is 18.6 Å². The highest BCUT2D eigenvalue weighted by atomic mass is 16.6. The molecule has 2 atom stereocenters. The van der Waals surface area contributed by atoms with Gasteiger partial charge < -0.3 is 10.5 Å². The summed E-state index contributed by atoms with van der Waals surface area (Å²) in [6.07, 6.45) is -0.234. The highest BCUT2D eigenvalue weighted by Crippen LogP contribution is 2.34. The lowest BCUT2D eigenvalue weighted by atomic mass is 9.82. The van der Waals surface area contributed by atoms with Crippen LogP contribution in [0.15, 0.2) is 30.3 Å². The van der Waals surface area contributed by atoms with E-state index in [9.17, 15) is 4.79 Å². The van der Waals surface area contributed by atoms with Crippen molar-refractivity contribution in [2.75, 3.05) is 0 Å². The molecule has 3 heteroatoms. The highest BCUT2D eigenvalue weighted by molar-refractivity contribution is 5.88. The third kappa shape index (κ3) is 0.971. The Morgan fingerprint density at radius 1 is 1.38 bits per heavy atom. The van der Waals surface area contributed by atoms with Gasteiger partial charge in [0.15, 0.2) is 5.54 Å². The average molecular weight is 177 g/mol. The lowest BCUT2D eigenvalue weighted by Gasteiger charge is -2.42. The predicted octanol–water partition coefficient (Wildman–Crippen LogP) is 0.786. The second-order valence-corrected chi connectivity index (χ2v) is 3.28. The molecule has 68 valence electrons. The van der Waals surface area contributed by atoms with E-state index in [0.717, 1.165) is 5.56 Å². The number of carbonyl (C=O) groups is 1. The molecule has 0 bridgehead atoms. The van der Waals surface area contributed by atoms with Crippen LogP contribution in [0.25, 0.3) is 0 Å². The Hall–Kier alpha value is -1.35. The van der Waals surface area contributed by atoms with E-state index in [2.05, 4.69) is 0 Å². The summed E-state index contributed by atoms with van der Waals surface area (Å²) >= 11 is 0. The van der Waals surface area contributed by atoms with Crippen LogP contribution in [-0.2, 0) is 15.1 Å². The lowest BCUT2D eigenvalue weighted by Crippen LogP contribution is -2.64. The van der Waals surface area contributed by atoms with E-state index < -0.39 is 5.54 Å². The van der Waals surface area contributed by atoms with Gasteiger partial charge in [-0.15, -0.1) is 0 Å². The molecule has 13 heavy (non-hydrogen) atoms. The number of nitrogens with two attached hydrogens (primary N) is 1. The van der Waals surface area contributed by atoms with Gasteiger partial charge in [-0.1, -0.05) is 30.3 Å². The standard InChI is InChI=1S/C10H11NO2/c1-7-10(11,9(12)13-7)8-5-3-2-4-6-8/h2-7H,11H2,1H3. The normalized spacial score (nSPS) is 32.2. The molecule has 0 radical (unpaired) electrons. The second kappa shape index (κ2) is 2.57. The van der Waals surface area contributed by atoms with Crippen molar-refractivity contribution in [3.63, 3.8) is 0 Å². The maximum Gasteiger partial charge on any atom is 0.335 e. The van der Waals surface area contributed by atoms with Gasteiger partial charge >= 0.3 is 5.97 Å².